The van der Waals surface area contributed by atoms with Crippen molar-refractivity contribution in [1.29, 1.82) is 0 Å². The number of amides is 1. The van der Waals surface area contributed by atoms with Crippen molar-refractivity contribution in [2.75, 3.05) is 5.75 Å². The third-order valence-electron chi connectivity index (χ3n) is 5.64. The van der Waals surface area contributed by atoms with Gasteiger partial charge in [-0.2, -0.15) is 0 Å². The Hall–Kier alpha value is -2.83. The Morgan fingerprint density at radius 1 is 0.970 bits per heavy atom. The highest BCUT2D eigenvalue weighted by atomic mass is 32.2. The summed E-state index contributed by atoms with van der Waals surface area (Å²) in [5, 5.41) is 13.1. The average Bonchev–Trinajstić information content (AvgIpc) is 2.84. The van der Waals surface area contributed by atoms with Crippen LogP contribution in [0.2, 0.25) is 0 Å². The van der Waals surface area contributed by atoms with E-state index in [2.05, 4.69) is 5.32 Å². The standard InChI is InChI=1S/C27H30FNO3S/c1-19-13-15-24(16-14-19)33(32)18-23(17-21-9-5-3-6-10-21)25(28)27(31)29-20(2)26(30)22-11-7-4-8-12-22/h3-16,20,23,25-26,30H,17-18H2,1-2H3,(H,29,31)/t20-,23+,25+,26+,33?/m0/s1. The molecule has 3 aromatic carbocycles. The van der Waals surface area contributed by atoms with Gasteiger partial charge in [0.05, 0.1) is 22.9 Å². The van der Waals surface area contributed by atoms with Crippen molar-refractivity contribution in [3.05, 3.63) is 102 Å². The number of alkyl halides is 1. The molecule has 1 amide bonds. The number of aryl methyl sites for hydroxylation is 1. The highest BCUT2D eigenvalue weighted by Crippen LogP contribution is 2.22. The first kappa shape index (κ1) is 24.8. The van der Waals surface area contributed by atoms with E-state index >= 15 is 4.39 Å². The van der Waals surface area contributed by atoms with Gasteiger partial charge in [-0.25, -0.2) is 4.39 Å². The summed E-state index contributed by atoms with van der Waals surface area (Å²) in [6.07, 6.45) is -2.55. The molecule has 0 saturated carbocycles. The van der Waals surface area contributed by atoms with Crippen LogP contribution < -0.4 is 5.32 Å². The van der Waals surface area contributed by atoms with Gasteiger partial charge in [0.2, 0.25) is 0 Å². The third-order valence-corrected chi connectivity index (χ3v) is 7.17. The van der Waals surface area contributed by atoms with Crippen LogP contribution in [0, 0.1) is 12.8 Å². The number of halogens is 1. The van der Waals surface area contributed by atoms with E-state index in [4.69, 9.17) is 0 Å². The average molecular weight is 468 g/mol. The lowest BCUT2D eigenvalue weighted by atomic mass is 9.95. The topological polar surface area (TPSA) is 66.4 Å². The Bertz CT molecular complexity index is 1040. The first-order valence-electron chi connectivity index (χ1n) is 11.0. The number of carbonyl (C=O) groups is 1. The largest absolute Gasteiger partial charge is 0.386 e. The van der Waals surface area contributed by atoms with Crippen LogP contribution in [-0.4, -0.2) is 33.2 Å². The Labute approximate surface area is 197 Å². The van der Waals surface area contributed by atoms with Gasteiger partial charge < -0.3 is 10.4 Å². The molecule has 2 N–H and O–H groups in total. The highest BCUT2D eigenvalue weighted by molar-refractivity contribution is 7.85. The van der Waals surface area contributed by atoms with Crippen LogP contribution in [0.4, 0.5) is 4.39 Å². The molecule has 4 nitrogen and oxygen atoms in total. The first-order valence-corrected chi connectivity index (χ1v) is 12.3. The molecule has 1 unspecified atom stereocenters. The maximum atomic E-state index is 15.5. The number of carbonyl (C=O) groups excluding carboxylic acids is 1. The molecule has 0 saturated heterocycles. The number of hydrogen-bond donors (Lipinski definition) is 2. The molecule has 0 spiro atoms. The van der Waals surface area contributed by atoms with Crippen LogP contribution >= 0.6 is 0 Å². The second-order valence-electron chi connectivity index (χ2n) is 8.33. The van der Waals surface area contributed by atoms with E-state index in [-0.39, 0.29) is 12.2 Å². The van der Waals surface area contributed by atoms with E-state index in [0.29, 0.717) is 10.5 Å². The van der Waals surface area contributed by atoms with Gasteiger partial charge in [-0.15, -0.1) is 0 Å². The summed E-state index contributed by atoms with van der Waals surface area (Å²) in [6.45, 7) is 3.58. The second kappa shape index (κ2) is 11.9. The number of nitrogens with one attached hydrogen (secondary N) is 1. The molecule has 0 aliphatic heterocycles. The SMILES string of the molecule is Cc1ccc(S(=O)C[C@@H](Cc2ccccc2)[C@@H](F)C(=O)N[C@@H](C)[C@@H](O)c2ccccc2)cc1. The van der Waals surface area contributed by atoms with Crippen LogP contribution in [0.1, 0.15) is 29.7 Å². The summed E-state index contributed by atoms with van der Waals surface area (Å²) >= 11 is 0. The van der Waals surface area contributed by atoms with Gasteiger partial charge in [-0.3, -0.25) is 9.00 Å². The van der Waals surface area contributed by atoms with Gasteiger partial charge in [0.15, 0.2) is 6.17 Å². The lowest BCUT2D eigenvalue weighted by molar-refractivity contribution is -0.129. The fraction of sp³-hybridized carbons (Fsp3) is 0.296. The van der Waals surface area contributed by atoms with E-state index in [0.717, 1.165) is 11.1 Å². The lowest BCUT2D eigenvalue weighted by Crippen LogP contribution is -2.45. The van der Waals surface area contributed by atoms with Crippen molar-refractivity contribution < 1.29 is 18.5 Å². The number of aliphatic hydroxyl groups is 1. The summed E-state index contributed by atoms with van der Waals surface area (Å²) in [4.78, 5) is 13.4. The van der Waals surface area contributed by atoms with Gasteiger partial charge in [0, 0.05) is 16.6 Å². The van der Waals surface area contributed by atoms with Gasteiger partial charge in [0.1, 0.15) is 0 Å². The Kier molecular flexibility index (Phi) is 8.92. The van der Waals surface area contributed by atoms with E-state index in [9.17, 15) is 14.1 Å². The number of benzene rings is 3. The number of aliphatic hydroxyl groups excluding tert-OH is 1. The van der Waals surface area contributed by atoms with Crippen LogP contribution in [0.5, 0.6) is 0 Å². The van der Waals surface area contributed by atoms with Crippen LogP contribution in [-0.2, 0) is 22.0 Å². The van der Waals surface area contributed by atoms with Crippen molar-refractivity contribution in [2.45, 2.75) is 43.5 Å². The normalized spacial score (nSPS) is 15.8. The highest BCUT2D eigenvalue weighted by Gasteiger charge is 2.32. The monoisotopic (exact) mass is 467 g/mol. The molecule has 3 aromatic rings. The second-order valence-corrected chi connectivity index (χ2v) is 9.83. The maximum absolute atomic E-state index is 15.5. The molecule has 174 valence electrons. The number of rotatable bonds is 10. The maximum Gasteiger partial charge on any atom is 0.255 e. The molecular formula is C27H30FNO3S. The molecule has 0 bridgehead atoms. The minimum absolute atomic E-state index is 0.0160. The molecule has 33 heavy (non-hydrogen) atoms. The molecule has 0 radical (unpaired) electrons. The zero-order valence-electron chi connectivity index (χ0n) is 18.9. The predicted octanol–water partition coefficient (Wildman–Crippen LogP) is 4.54. The van der Waals surface area contributed by atoms with Gasteiger partial charge >= 0.3 is 0 Å². The minimum Gasteiger partial charge on any atom is -0.386 e. The van der Waals surface area contributed by atoms with Gasteiger partial charge in [-0.05, 0) is 43.5 Å². The molecule has 5 atom stereocenters. The van der Waals surface area contributed by atoms with Crippen molar-refractivity contribution in [3.63, 3.8) is 0 Å². The summed E-state index contributed by atoms with van der Waals surface area (Å²) in [6, 6.07) is 24.8. The Morgan fingerprint density at radius 2 is 1.55 bits per heavy atom. The molecule has 0 heterocycles. The molecule has 6 heteroatoms. The number of hydrogen-bond acceptors (Lipinski definition) is 3. The van der Waals surface area contributed by atoms with E-state index in [1.807, 2.05) is 55.5 Å². The zero-order chi connectivity index (χ0) is 23.8. The smallest absolute Gasteiger partial charge is 0.255 e. The van der Waals surface area contributed by atoms with Gasteiger partial charge in [-0.1, -0.05) is 78.4 Å². The molecule has 0 fully saturated rings. The van der Waals surface area contributed by atoms with Crippen LogP contribution in [0.25, 0.3) is 0 Å². The van der Waals surface area contributed by atoms with Crippen molar-refractivity contribution >= 4 is 16.7 Å². The summed E-state index contributed by atoms with van der Waals surface area (Å²) in [5.41, 5.74) is 2.56. The Morgan fingerprint density at radius 3 is 2.15 bits per heavy atom. The van der Waals surface area contributed by atoms with Crippen molar-refractivity contribution in [3.8, 4) is 0 Å². The van der Waals surface area contributed by atoms with E-state index in [1.54, 1.807) is 43.3 Å². The quantitative estimate of drug-likeness (QED) is 0.460. The predicted molar refractivity (Wildman–Crippen MR) is 130 cm³/mol. The third kappa shape index (κ3) is 7.07. The van der Waals surface area contributed by atoms with Gasteiger partial charge in [0.25, 0.3) is 5.91 Å². The van der Waals surface area contributed by atoms with Crippen molar-refractivity contribution in [2.24, 2.45) is 5.92 Å². The molecule has 0 aromatic heterocycles. The van der Waals surface area contributed by atoms with Crippen molar-refractivity contribution in [1.82, 2.24) is 5.32 Å². The minimum atomic E-state index is -1.87. The fourth-order valence-electron chi connectivity index (χ4n) is 3.68. The summed E-state index contributed by atoms with van der Waals surface area (Å²) < 4.78 is 28.5. The van der Waals surface area contributed by atoms with E-state index < -0.39 is 40.9 Å². The molecule has 0 aliphatic rings. The summed E-state index contributed by atoms with van der Waals surface area (Å²) in [7, 11) is -1.45. The molecule has 3 rings (SSSR count). The van der Waals surface area contributed by atoms with Crippen LogP contribution in [0.3, 0.4) is 0 Å². The zero-order valence-corrected chi connectivity index (χ0v) is 19.7. The summed E-state index contributed by atoms with van der Waals surface area (Å²) in [5.74, 6) is -1.57. The fourth-order valence-corrected chi connectivity index (χ4v) is 4.99. The van der Waals surface area contributed by atoms with Crippen LogP contribution in [0.15, 0.2) is 89.8 Å². The molecule has 0 aliphatic carbocycles. The van der Waals surface area contributed by atoms with E-state index in [1.165, 1.54) is 0 Å². The molecular weight excluding hydrogens is 437 g/mol. The first-order chi connectivity index (χ1) is 15.8. The lowest BCUT2D eigenvalue weighted by Gasteiger charge is -2.25. The Balaban J connectivity index is 1.73.